The van der Waals surface area contributed by atoms with Crippen LogP contribution in [0.3, 0.4) is 0 Å². The van der Waals surface area contributed by atoms with Crippen LogP contribution in [0.5, 0.6) is 11.5 Å². The van der Waals surface area contributed by atoms with Gasteiger partial charge in [0.05, 0.1) is 24.3 Å². The van der Waals surface area contributed by atoms with Crippen LogP contribution in [0.15, 0.2) is 47.4 Å². The first-order valence-corrected chi connectivity index (χ1v) is 10.6. The lowest BCUT2D eigenvalue weighted by molar-refractivity contribution is -0.117. The van der Waals surface area contributed by atoms with Gasteiger partial charge >= 0.3 is 0 Å². The molecule has 1 fully saturated rings. The van der Waals surface area contributed by atoms with E-state index < -0.39 is 10.0 Å². The van der Waals surface area contributed by atoms with Gasteiger partial charge in [-0.25, -0.2) is 13.1 Å². The van der Waals surface area contributed by atoms with Crippen molar-refractivity contribution < 1.29 is 22.7 Å². The summed E-state index contributed by atoms with van der Waals surface area (Å²) < 4.78 is 38.8. The summed E-state index contributed by atoms with van der Waals surface area (Å²) in [6, 6.07) is 11.8. The largest absolute Gasteiger partial charge is 0.495 e. The third kappa shape index (κ3) is 4.45. The summed E-state index contributed by atoms with van der Waals surface area (Å²) in [5.74, 6) is 1.18. The summed E-state index contributed by atoms with van der Waals surface area (Å²) in [6.07, 6.45) is 1.20. The molecule has 0 aliphatic carbocycles. The number of rotatable bonds is 8. The Morgan fingerprint density at radius 2 is 1.89 bits per heavy atom. The Bertz CT molecular complexity index is 942. The number of benzene rings is 2. The number of carbonyl (C=O) groups excluding carboxylic acids is 1. The highest BCUT2D eigenvalue weighted by Gasteiger charge is 2.26. The molecule has 0 radical (unpaired) electrons. The van der Waals surface area contributed by atoms with Crippen molar-refractivity contribution in [2.75, 3.05) is 25.2 Å². The van der Waals surface area contributed by atoms with Crippen LogP contribution >= 0.6 is 0 Å². The Morgan fingerprint density at radius 3 is 2.50 bits per heavy atom. The highest BCUT2D eigenvalue weighted by atomic mass is 32.2. The number of methoxy groups -OCH3 is 1. The molecule has 2 aromatic carbocycles. The molecule has 150 valence electrons. The van der Waals surface area contributed by atoms with E-state index in [1.807, 2.05) is 19.1 Å². The van der Waals surface area contributed by atoms with E-state index in [1.165, 1.54) is 19.2 Å². The van der Waals surface area contributed by atoms with E-state index in [-0.39, 0.29) is 17.3 Å². The van der Waals surface area contributed by atoms with E-state index in [0.717, 1.165) is 17.7 Å². The molecular weight excluding hydrogens is 380 g/mol. The summed E-state index contributed by atoms with van der Waals surface area (Å²) in [5.41, 5.74) is 1.30. The molecule has 1 saturated heterocycles. The molecule has 8 heteroatoms. The van der Waals surface area contributed by atoms with Gasteiger partial charge < -0.3 is 14.4 Å². The molecule has 1 amide bonds. The molecule has 0 spiro atoms. The average Bonchev–Trinajstić information content (AvgIpc) is 3.13. The van der Waals surface area contributed by atoms with E-state index in [4.69, 9.17) is 9.47 Å². The standard InChI is InChI=1S/C20H24N2O5S/c1-3-27-16-8-6-15(7-9-16)14-21-28(24,25)17-10-11-19(26-2)18(13-17)22-12-4-5-20(22)23/h6-11,13,21H,3-5,12,14H2,1-2H3. The SMILES string of the molecule is CCOc1ccc(CNS(=O)(=O)c2ccc(OC)c(N3CCCC3=O)c2)cc1. The van der Waals surface area contributed by atoms with Crippen LogP contribution in [0.1, 0.15) is 25.3 Å². The Balaban J connectivity index is 1.78. The lowest BCUT2D eigenvalue weighted by Gasteiger charge is -2.20. The van der Waals surface area contributed by atoms with E-state index in [0.29, 0.717) is 31.0 Å². The smallest absolute Gasteiger partial charge is 0.240 e. The molecule has 0 atom stereocenters. The van der Waals surface area contributed by atoms with E-state index in [9.17, 15) is 13.2 Å². The van der Waals surface area contributed by atoms with Crippen molar-refractivity contribution >= 4 is 21.6 Å². The zero-order chi connectivity index (χ0) is 20.1. The van der Waals surface area contributed by atoms with Gasteiger partial charge in [-0.05, 0) is 49.2 Å². The molecule has 2 aromatic rings. The van der Waals surface area contributed by atoms with Gasteiger partial charge in [0, 0.05) is 19.5 Å². The number of nitrogens with zero attached hydrogens (tertiary/aromatic N) is 1. The second kappa shape index (κ2) is 8.62. The van der Waals surface area contributed by atoms with Gasteiger partial charge in [0.1, 0.15) is 11.5 Å². The van der Waals surface area contributed by atoms with Gasteiger partial charge in [-0.1, -0.05) is 12.1 Å². The summed E-state index contributed by atoms with van der Waals surface area (Å²) in [6.45, 7) is 3.18. The predicted octanol–water partition coefficient (Wildman–Crippen LogP) is 2.70. The van der Waals surface area contributed by atoms with Gasteiger partial charge in [0.15, 0.2) is 0 Å². The van der Waals surface area contributed by atoms with Crippen LogP contribution in [0.25, 0.3) is 0 Å². The zero-order valence-electron chi connectivity index (χ0n) is 16.0. The molecule has 0 bridgehead atoms. The normalized spacial score (nSPS) is 14.4. The monoisotopic (exact) mass is 404 g/mol. The number of carbonyl (C=O) groups is 1. The first-order valence-electron chi connectivity index (χ1n) is 9.14. The maximum Gasteiger partial charge on any atom is 0.240 e. The van der Waals surface area contributed by atoms with Crippen LogP contribution in [-0.4, -0.2) is 34.6 Å². The van der Waals surface area contributed by atoms with Gasteiger partial charge in [-0.15, -0.1) is 0 Å². The third-order valence-electron chi connectivity index (χ3n) is 4.53. The van der Waals surface area contributed by atoms with E-state index >= 15 is 0 Å². The van der Waals surface area contributed by atoms with Crippen molar-refractivity contribution in [3.63, 3.8) is 0 Å². The summed E-state index contributed by atoms with van der Waals surface area (Å²) >= 11 is 0. The van der Waals surface area contributed by atoms with Crippen molar-refractivity contribution in [1.82, 2.24) is 4.72 Å². The second-order valence-corrected chi connectivity index (χ2v) is 8.15. The fraction of sp³-hybridized carbons (Fsp3) is 0.350. The summed E-state index contributed by atoms with van der Waals surface area (Å²) in [5, 5.41) is 0. The molecule has 7 nitrogen and oxygen atoms in total. The van der Waals surface area contributed by atoms with Gasteiger partial charge in [-0.3, -0.25) is 4.79 Å². The Kier molecular flexibility index (Phi) is 6.21. The predicted molar refractivity (Wildman–Crippen MR) is 106 cm³/mol. The molecule has 1 N–H and O–H groups in total. The lowest BCUT2D eigenvalue weighted by Crippen LogP contribution is -2.26. The van der Waals surface area contributed by atoms with Crippen LogP contribution in [-0.2, 0) is 21.4 Å². The van der Waals surface area contributed by atoms with Gasteiger partial charge in [0.2, 0.25) is 15.9 Å². The van der Waals surface area contributed by atoms with Crippen molar-refractivity contribution in [2.45, 2.75) is 31.2 Å². The fourth-order valence-corrected chi connectivity index (χ4v) is 4.12. The molecule has 28 heavy (non-hydrogen) atoms. The quantitative estimate of drug-likeness (QED) is 0.731. The third-order valence-corrected chi connectivity index (χ3v) is 5.92. The molecule has 0 aromatic heterocycles. The zero-order valence-corrected chi connectivity index (χ0v) is 16.8. The summed E-state index contributed by atoms with van der Waals surface area (Å²) in [4.78, 5) is 13.7. The van der Waals surface area contributed by atoms with E-state index in [2.05, 4.69) is 4.72 Å². The van der Waals surface area contributed by atoms with Crippen molar-refractivity contribution in [1.29, 1.82) is 0 Å². The van der Waals surface area contributed by atoms with Crippen LogP contribution in [0.2, 0.25) is 0 Å². The molecule has 1 heterocycles. The molecular formula is C20H24N2O5S. The van der Waals surface area contributed by atoms with Gasteiger partial charge in [0.25, 0.3) is 0 Å². The Morgan fingerprint density at radius 1 is 1.14 bits per heavy atom. The number of anilines is 1. The number of ether oxygens (including phenoxy) is 2. The molecule has 1 aliphatic heterocycles. The van der Waals surface area contributed by atoms with Crippen molar-refractivity contribution in [3.05, 3.63) is 48.0 Å². The van der Waals surface area contributed by atoms with Crippen molar-refractivity contribution in [3.8, 4) is 11.5 Å². The number of hydrogen-bond acceptors (Lipinski definition) is 5. The molecule has 0 saturated carbocycles. The number of sulfonamides is 1. The Labute approximate surface area is 165 Å². The number of amides is 1. The average molecular weight is 404 g/mol. The molecule has 3 rings (SSSR count). The van der Waals surface area contributed by atoms with Crippen LogP contribution < -0.4 is 19.1 Å². The maximum absolute atomic E-state index is 12.7. The highest BCUT2D eigenvalue weighted by Crippen LogP contribution is 2.33. The maximum atomic E-state index is 12.7. The fourth-order valence-electron chi connectivity index (χ4n) is 3.08. The van der Waals surface area contributed by atoms with E-state index in [1.54, 1.807) is 23.1 Å². The van der Waals surface area contributed by atoms with Crippen molar-refractivity contribution in [2.24, 2.45) is 0 Å². The van der Waals surface area contributed by atoms with Gasteiger partial charge in [-0.2, -0.15) is 0 Å². The lowest BCUT2D eigenvalue weighted by atomic mass is 10.2. The van der Waals surface area contributed by atoms with Crippen LogP contribution in [0.4, 0.5) is 5.69 Å². The topological polar surface area (TPSA) is 84.9 Å². The first-order chi connectivity index (χ1) is 13.4. The highest BCUT2D eigenvalue weighted by molar-refractivity contribution is 7.89. The molecule has 0 unspecified atom stereocenters. The second-order valence-electron chi connectivity index (χ2n) is 6.38. The first kappa shape index (κ1) is 20.2. The minimum Gasteiger partial charge on any atom is -0.495 e. The minimum atomic E-state index is -3.75. The molecule has 1 aliphatic rings. The number of hydrogen-bond donors (Lipinski definition) is 1. The number of nitrogens with one attached hydrogen (secondary N) is 1. The van der Waals surface area contributed by atoms with Crippen LogP contribution in [0, 0.1) is 0 Å². The minimum absolute atomic E-state index is 0.0322. The summed E-state index contributed by atoms with van der Waals surface area (Å²) in [7, 11) is -2.25. The Hall–Kier alpha value is -2.58.